The van der Waals surface area contributed by atoms with E-state index in [1.807, 2.05) is 0 Å². The van der Waals surface area contributed by atoms with Gasteiger partial charge in [-0.25, -0.2) is 0 Å². The van der Waals surface area contributed by atoms with Gasteiger partial charge in [-0.3, -0.25) is 4.90 Å². The maximum atomic E-state index is 6.09. The second-order valence-electron chi connectivity index (χ2n) is 7.66. The minimum Gasteiger partial charge on any atom is -0.330 e. The summed E-state index contributed by atoms with van der Waals surface area (Å²) in [6.07, 6.45) is 16.1. The van der Waals surface area contributed by atoms with E-state index in [-0.39, 0.29) is 0 Å². The summed E-state index contributed by atoms with van der Waals surface area (Å²) in [5.74, 6) is 0.768. The van der Waals surface area contributed by atoms with Gasteiger partial charge >= 0.3 is 0 Å². The summed E-state index contributed by atoms with van der Waals surface area (Å²) in [6.45, 7) is 4.53. The number of nitrogens with zero attached hydrogens (tertiary/aromatic N) is 1. The predicted molar refractivity (Wildman–Crippen MR) is 85.7 cm³/mol. The Labute approximate surface area is 125 Å². The summed E-state index contributed by atoms with van der Waals surface area (Å²) in [5, 5.41) is 0. The molecule has 0 amide bonds. The highest BCUT2D eigenvalue weighted by molar-refractivity contribution is 5.04. The van der Waals surface area contributed by atoms with Crippen LogP contribution in [-0.2, 0) is 0 Å². The van der Waals surface area contributed by atoms with Crippen LogP contribution >= 0.6 is 0 Å². The van der Waals surface area contributed by atoms with E-state index in [2.05, 4.69) is 11.8 Å². The van der Waals surface area contributed by atoms with Crippen LogP contribution in [0.15, 0.2) is 0 Å². The first-order chi connectivity index (χ1) is 9.80. The molecule has 2 N–H and O–H groups in total. The van der Waals surface area contributed by atoms with E-state index in [1.165, 1.54) is 77.2 Å². The second kappa shape index (κ2) is 6.36. The van der Waals surface area contributed by atoms with Crippen molar-refractivity contribution in [2.75, 3.05) is 13.1 Å². The molecule has 0 aromatic heterocycles. The van der Waals surface area contributed by atoms with Gasteiger partial charge in [0.1, 0.15) is 0 Å². The Kier molecular flexibility index (Phi) is 4.72. The van der Waals surface area contributed by atoms with Gasteiger partial charge in [-0.2, -0.15) is 0 Å². The molecule has 0 saturated heterocycles. The average Bonchev–Trinajstić information content (AvgIpc) is 2.52. The van der Waals surface area contributed by atoms with Gasteiger partial charge in [-0.1, -0.05) is 39.0 Å². The maximum absolute atomic E-state index is 6.09. The van der Waals surface area contributed by atoms with Crippen LogP contribution in [0.2, 0.25) is 0 Å². The van der Waals surface area contributed by atoms with Crippen molar-refractivity contribution in [2.24, 2.45) is 17.1 Å². The van der Waals surface area contributed by atoms with E-state index in [1.54, 1.807) is 0 Å². The van der Waals surface area contributed by atoms with E-state index in [4.69, 9.17) is 5.73 Å². The molecule has 0 radical (unpaired) electrons. The molecule has 0 bridgehead atoms. The third-order valence-electron chi connectivity index (χ3n) is 6.84. The van der Waals surface area contributed by atoms with Crippen LogP contribution in [0.1, 0.15) is 77.6 Å². The average molecular weight is 278 g/mol. The summed E-state index contributed by atoms with van der Waals surface area (Å²) < 4.78 is 0. The molecule has 2 nitrogen and oxygen atoms in total. The molecule has 3 atom stereocenters. The molecular formula is C18H34N2. The van der Waals surface area contributed by atoms with Gasteiger partial charge in [0.15, 0.2) is 0 Å². The largest absolute Gasteiger partial charge is 0.330 e. The highest BCUT2D eigenvalue weighted by Crippen LogP contribution is 2.54. The first kappa shape index (κ1) is 14.8. The van der Waals surface area contributed by atoms with Crippen LogP contribution in [-0.4, -0.2) is 30.1 Å². The molecule has 3 saturated carbocycles. The molecule has 2 heteroatoms. The van der Waals surface area contributed by atoms with E-state index < -0.39 is 0 Å². The predicted octanol–water partition coefficient (Wildman–Crippen LogP) is 3.94. The Morgan fingerprint density at radius 3 is 2.30 bits per heavy atom. The van der Waals surface area contributed by atoms with E-state index in [9.17, 15) is 0 Å². The molecule has 0 aromatic rings. The molecule has 3 fully saturated rings. The molecule has 3 aliphatic rings. The quantitative estimate of drug-likeness (QED) is 0.844. The molecule has 3 rings (SSSR count). The molecule has 1 spiro atoms. The van der Waals surface area contributed by atoms with Gasteiger partial charge in [0.25, 0.3) is 0 Å². The molecule has 3 aliphatic carbocycles. The fourth-order valence-electron chi connectivity index (χ4n) is 5.62. The molecule has 0 aliphatic heterocycles. The molecule has 3 unspecified atom stereocenters. The van der Waals surface area contributed by atoms with Crippen molar-refractivity contribution in [3.8, 4) is 0 Å². The fraction of sp³-hybridized carbons (Fsp3) is 1.00. The van der Waals surface area contributed by atoms with Crippen LogP contribution in [0.3, 0.4) is 0 Å². The van der Waals surface area contributed by atoms with Gasteiger partial charge in [-0.05, 0) is 62.9 Å². The van der Waals surface area contributed by atoms with Gasteiger partial charge < -0.3 is 5.73 Å². The van der Waals surface area contributed by atoms with Crippen LogP contribution in [0.5, 0.6) is 0 Å². The highest BCUT2D eigenvalue weighted by atomic mass is 15.2. The first-order valence-corrected chi connectivity index (χ1v) is 9.26. The molecular weight excluding hydrogens is 244 g/mol. The topological polar surface area (TPSA) is 29.3 Å². The minimum absolute atomic E-state index is 0.713. The van der Waals surface area contributed by atoms with Crippen LogP contribution in [0, 0.1) is 11.3 Å². The zero-order valence-electron chi connectivity index (χ0n) is 13.4. The maximum Gasteiger partial charge on any atom is 0.0155 e. The number of hydrogen-bond acceptors (Lipinski definition) is 2. The second-order valence-corrected chi connectivity index (χ2v) is 7.66. The molecule has 116 valence electrons. The number of rotatable bonds is 4. The van der Waals surface area contributed by atoms with Crippen LogP contribution in [0.4, 0.5) is 0 Å². The lowest BCUT2D eigenvalue weighted by Crippen LogP contribution is -2.61. The van der Waals surface area contributed by atoms with Crippen molar-refractivity contribution in [2.45, 2.75) is 89.6 Å². The third kappa shape index (κ3) is 2.54. The minimum atomic E-state index is 0.713. The van der Waals surface area contributed by atoms with Gasteiger partial charge in [-0.15, -0.1) is 0 Å². The summed E-state index contributed by atoms with van der Waals surface area (Å²) in [5.41, 5.74) is 6.80. The van der Waals surface area contributed by atoms with Crippen molar-refractivity contribution in [1.82, 2.24) is 4.90 Å². The van der Waals surface area contributed by atoms with Crippen LogP contribution in [0.25, 0.3) is 0 Å². The summed E-state index contributed by atoms with van der Waals surface area (Å²) >= 11 is 0. The van der Waals surface area contributed by atoms with Crippen molar-refractivity contribution < 1.29 is 0 Å². The Hall–Kier alpha value is -0.0800. The van der Waals surface area contributed by atoms with Gasteiger partial charge in [0.05, 0.1) is 0 Å². The van der Waals surface area contributed by atoms with Crippen molar-refractivity contribution in [3.63, 3.8) is 0 Å². The van der Waals surface area contributed by atoms with E-state index >= 15 is 0 Å². The van der Waals surface area contributed by atoms with Gasteiger partial charge in [0, 0.05) is 12.1 Å². The lowest BCUT2D eigenvalue weighted by Gasteiger charge is -2.59. The highest BCUT2D eigenvalue weighted by Gasteiger charge is 2.50. The number of hydrogen-bond donors (Lipinski definition) is 1. The van der Waals surface area contributed by atoms with Crippen molar-refractivity contribution in [1.29, 1.82) is 0 Å². The van der Waals surface area contributed by atoms with Crippen LogP contribution < -0.4 is 5.73 Å². The smallest absolute Gasteiger partial charge is 0.0155 e. The SMILES string of the molecule is CCN(C1CCCCC1CN)C1CCC12CCCCC2. The monoisotopic (exact) mass is 278 g/mol. The summed E-state index contributed by atoms with van der Waals surface area (Å²) in [7, 11) is 0. The Balaban J connectivity index is 1.72. The zero-order valence-corrected chi connectivity index (χ0v) is 13.4. The molecule has 0 heterocycles. The lowest BCUT2D eigenvalue weighted by molar-refractivity contribution is -0.0835. The zero-order chi connectivity index (χ0) is 14.0. The normalized spacial score (nSPS) is 37.0. The number of nitrogens with two attached hydrogens (primary N) is 1. The first-order valence-electron chi connectivity index (χ1n) is 9.26. The van der Waals surface area contributed by atoms with E-state index in [0.717, 1.165) is 24.5 Å². The van der Waals surface area contributed by atoms with Gasteiger partial charge in [0.2, 0.25) is 0 Å². The standard InChI is InChI=1S/C18H34N2/c1-2-20(16-9-5-4-8-15(16)14-19)17-10-13-18(17)11-6-3-7-12-18/h15-17H,2-14,19H2,1H3. The lowest BCUT2D eigenvalue weighted by atomic mass is 9.56. The fourth-order valence-corrected chi connectivity index (χ4v) is 5.62. The Morgan fingerprint density at radius 1 is 0.950 bits per heavy atom. The van der Waals surface area contributed by atoms with Crippen molar-refractivity contribution >= 4 is 0 Å². The molecule has 0 aromatic carbocycles. The summed E-state index contributed by atoms with van der Waals surface area (Å²) in [4.78, 5) is 2.91. The van der Waals surface area contributed by atoms with Crippen molar-refractivity contribution in [3.05, 3.63) is 0 Å². The van der Waals surface area contributed by atoms with E-state index in [0.29, 0.717) is 5.41 Å². The Morgan fingerprint density at radius 2 is 1.70 bits per heavy atom. The summed E-state index contributed by atoms with van der Waals surface area (Å²) in [6, 6.07) is 1.69. The molecule has 20 heavy (non-hydrogen) atoms. The Bertz CT molecular complexity index is 309. The third-order valence-corrected chi connectivity index (χ3v) is 6.84.